The molecule has 1 heterocycles. The normalized spacial score (nSPS) is 11.6. The summed E-state index contributed by atoms with van der Waals surface area (Å²) in [5, 5.41) is 1.17. The maximum absolute atomic E-state index is 10.8. The van der Waals surface area contributed by atoms with Gasteiger partial charge in [-0.1, -0.05) is 18.7 Å². The summed E-state index contributed by atoms with van der Waals surface area (Å²) in [6.07, 6.45) is 2.94. The highest BCUT2D eigenvalue weighted by molar-refractivity contribution is 5.40. The molecule has 0 aliphatic rings. The Morgan fingerprint density at radius 3 is 3.00 bits per heavy atom. The van der Waals surface area contributed by atoms with Crippen LogP contribution in [-0.4, -0.2) is 9.97 Å². The minimum atomic E-state index is -0.227. The first-order valence-electron chi connectivity index (χ1n) is 3.51. The molecule has 0 fully saturated rings. The molecule has 0 saturated carbocycles. The van der Waals surface area contributed by atoms with Gasteiger partial charge in [0.15, 0.2) is 0 Å². The summed E-state index contributed by atoms with van der Waals surface area (Å²) < 4.78 is 0. The van der Waals surface area contributed by atoms with Gasteiger partial charge in [0.05, 0.1) is 16.9 Å². The van der Waals surface area contributed by atoms with E-state index in [-0.39, 0.29) is 5.56 Å². The van der Waals surface area contributed by atoms with Crippen molar-refractivity contribution in [3.05, 3.63) is 39.4 Å². The fourth-order valence-electron chi connectivity index (χ4n) is 0.809. The second-order valence-corrected chi connectivity index (χ2v) is 2.60. The first-order chi connectivity index (χ1) is 5.59. The highest BCUT2D eigenvalue weighted by Gasteiger charge is 1.85. The molecule has 0 aliphatic carbocycles. The monoisotopic (exact) mass is 162 g/mol. The van der Waals surface area contributed by atoms with E-state index in [0.717, 1.165) is 5.57 Å². The molecule has 1 N–H and O–H groups in total. The standard InChI is InChI=1S/C9H10N2O/c1-6(2)4-8-7(3)10-5-9(12)11-8/h4-5H,1,3H2,2H3,(H,11,12)/b8-4+. The van der Waals surface area contributed by atoms with Gasteiger partial charge in [-0.15, -0.1) is 0 Å². The summed E-state index contributed by atoms with van der Waals surface area (Å²) in [6, 6.07) is 0. The van der Waals surface area contributed by atoms with Crippen molar-refractivity contribution in [2.24, 2.45) is 0 Å². The molecule has 0 saturated heterocycles. The Kier molecular flexibility index (Phi) is 2.24. The molecular formula is C9H10N2O. The van der Waals surface area contributed by atoms with Crippen molar-refractivity contribution >= 4 is 12.7 Å². The molecule has 12 heavy (non-hydrogen) atoms. The van der Waals surface area contributed by atoms with Gasteiger partial charge in [-0.2, -0.15) is 0 Å². The topological polar surface area (TPSA) is 45.8 Å². The molecule has 1 aromatic rings. The predicted molar refractivity (Wildman–Crippen MR) is 48.9 cm³/mol. The Hall–Kier alpha value is -1.64. The van der Waals surface area contributed by atoms with Crippen molar-refractivity contribution in [1.82, 2.24) is 9.97 Å². The maximum atomic E-state index is 10.8. The van der Waals surface area contributed by atoms with E-state index in [0.29, 0.717) is 10.7 Å². The van der Waals surface area contributed by atoms with E-state index in [1.54, 1.807) is 6.08 Å². The molecule has 3 nitrogen and oxygen atoms in total. The highest BCUT2D eigenvalue weighted by atomic mass is 16.1. The molecule has 0 aromatic carbocycles. The number of hydrogen-bond donors (Lipinski definition) is 1. The quantitative estimate of drug-likeness (QED) is 0.607. The number of nitrogens with zero attached hydrogens (tertiary/aromatic N) is 1. The zero-order chi connectivity index (χ0) is 9.14. The van der Waals surface area contributed by atoms with Crippen LogP contribution in [-0.2, 0) is 0 Å². The minimum Gasteiger partial charge on any atom is -0.319 e. The van der Waals surface area contributed by atoms with Crippen LogP contribution in [0.15, 0.2) is 23.1 Å². The molecule has 62 valence electrons. The van der Waals surface area contributed by atoms with Crippen LogP contribution < -0.4 is 16.3 Å². The summed E-state index contributed by atoms with van der Waals surface area (Å²) in [7, 11) is 0. The highest BCUT2D eigenvalue weighted by Crippen LogP contribution is 1.83. The van der Waals surface area contributed by atoms with Gasteiger partial charge in [-0.3, -0.25) is 4.79 Å². The number of allylic oxidation sites excluding steroid dienone is 1. The van der Waals surface area contributed by atoms with Gasteiger partial charge in [0, 0.05) is 0 Å². The summed E-state index contributed by atoms with van der Waals surface area (Å²) >= 11 is 0. The zero-order valence-electron chi connectivity index (χ0n) is 6.92. The average molecular weight is 162 g/mol. The lowest BCUT2D eigenvalue weighted by Crippen LogP contribution is -2.35. The van der Waals surface area contributed by atoms with Gasteiger partial charge < -0.3 is 4.98 Å². The zero-order valence-corrected chi connectivity index (χ0v) is 6.92. The summed E-state index contributed by atoms with van der Waals surface area (Å²) in [6.45, 7) is 9.19. The molecular weight excluding hydrogens is 152 g/mol. The minimum absolute atomic E-state index is 0.227. The van der Waals surface area contributed by atoms with Crippen LogP contribution in [0.5, 0.6) is 0 Å². The third-order valence-corrected chi connectivity index (χ3v) is 1.30. The lowest BCUT2D eigenvalue weighted by molar-refractivity contribution is 1.05. The van der Waals surface area contributed by atoms with Crippen molar-refractivity contribution in [3.8, 4) is 0 Å². The second-order valence-electron chi connectivity index (χ2n) is 2.60. The third-order valence-electron chi connectivity index (χ3n) is 1.30. The van der Waals surface area contributed by atoms with Crippen LogP contribution in [0.3, 0.4) is 0 Å². The fourth-order valence-corrected chi connectivity index (χ4v) is 0.809. The van der Waals surface area contributed by atoms with Gasteiger partial charge >= 0.3 is 0 Å². The van der Waals surface area contributed by atoms with Gasteiger partial charge in [0.1, 0.15) is 0 Å². The smallest absolute Gasteiger partial charge is 0.266 e. The molecule has 0 atom stereocenters. The lowest BCUT2D eigenvalue weighted by atomic mass is 10.3. The van der Waals surface area contributed by atoms with Crippen molar-refractivity contribution in [1.29, 1.82) is 0 Å². The van der Waals surface area contributed by atoms with E-state index >= 15 is 0 Å². The van der Waals surface area contributed by atoms with Crippen LogP contribution in [0.4, 0.5) is 0 Å². The average Bonchev–Trinajstić information content (AvgIpc) is 1.96. The van der Waals surface area contributed by atoms with Crippen LogP contribution in [0, 0.1) is 0 Å². The van der Waals surface area contributed by atoms with Crippen LogP contribution in [0.2, 0.25) is 0 Å². The molecule has 0 radical (unpaired) electrons. The Morgan fingerprint density at radius 2 is 2.42 bits per heavy atom. The molecule has 0 bridgehead atoms. The van der Waals surface area contributed by atoms with E-state index in [4.69, 9.17) is 0 Å². The largest absolute Gasteiger partial charge is 0.319 e. The Balaban J connectivity index is 3.53. The first kappa shape index (κ1) is 8.46. The summed E-state index contributed by atoms with van der Waals surface area (Å²) in [4.78, 5) is 17.2. The summed E-state index contributed by atoms with van der Waals surface area (Å²) in [5.74, 6) is 0. The number of nitrogens with one attached hydrogen (secondary N) is 1. The van der Waals surface area contributed by atoms with E-state index in [2.05, 4.69) is 23.1 Å². The number of rotatable bonds is 1. The van der Waals surface area contributed by atoms with Gasteiger partial charge in [0.25, 0.3) is 5.56 Å². The fraction of sp³-hybridized carbons (Fsp3) is 0.111. The molecule has 0 amide bonds. The molecule has 3 heteroatoms. The van der Waals surface area contributed by atoms with Gasteiger partial charge in [-0.25, -0.2) is 4.98 Å². The lowest BCUT2D eigenvalue weighted by Gasteiger charge is -1.88. The van der Waals surface area contributed by atoms with Gasteiger partial charge in [0.2, 0.25) is 0 Å². The van der Waals surface area contributed by atoms with E-state index in [1.807, 2.05) is 6.92 Å². The Morgan fingerprint density at radius 1 is 1.75 bits per heavy atom. The SMILES string of the molecule is C=C(C)/C=c1/[nH]c(=O)cnc1=C. The Labute approximate surface area is 69.8 Å². The molecule has 1 rings (SSSR count). The number of hydrogen-bond acceptors (Lipinski definition) is 2. The summed E-state index contributed by atoms with van der Waals surface area (Å²) in [5.41, 5.74) is 0.624. The van der Waals surface area contributed by atoms with E-state index < -0.39 is 0 Å². The van der Waals surface area contributed by atoms with Crippen molar-refractivity contribution in [2.75, 3.05) is 0 Å². The maximum Gasteiger partial charge on any atom is 0.266 e. The number of aromatic nitrogens is 2. The second kappa shape index (κ2) is 3.17. The predicted octanol–water partition coefficient (Wildman–Crippen LogP) is -0.463. The van der Waals surface area contributed by atoms with E-state index in [1.165, 1.54) is 6.20 Å². The molecule has 0 unspecified atom stereocenters. The van der Waals surface area contributed by atoms with E-state index in [9.17, 15) is 4.79 Å². The Bertz CT molecular complexity index is 456. The van der Waals surface area contributed by atoms with Crippen molar-refractivity contribution in [2.45, 2.75) is 6.92 Å². The van der Waals surface area contributed by atoms with Crippen molar-refractivity contribution < 1.29 is 0 Å². The number of H-pyrrole nitrogens is 1. The third kappa shape index (κ3) is 1.92. The van der Waals surface area contributed by atoms with Crippen LogP contribution >= 0.6 is 0 Å². The molecule has 1 aromatic heterocycles. The van der Waals surface area contributed by atoms with Crippen molar-refractivity contribution in [3.63, 3.8) is 0 Å². The van der Waals surface area contributed by atoms with Crippen LogP contribution in [0.1, 0.15) is 6.92 Å². The molecule has 0 spiro atoms. The number of aromatic amines is 1. The van der Waals surface area contributed by atoms with Crippen LogP contribution in [0.25, 0.3) is 12.7 Å². The first-order valence-corrected chi connectivity index (χ1v) is 3.51. The van der Waals surface area contributed by atoms with Gasteiger partial charge in [-0.05, 0) is 13.0 Å². The molecule has 0 aliphatic heterocycles.